The van der Waals surface area contributed by atoms with E-state index in [0.717, 1.165) is 12.8 Å². The number of carbonyl (C=O) groups excluding carboxylic acids is 2. The summed E-state index contributed by atoms with van der Waals surface area (Å²) in [5, 5.41) is 24.8. The van der Waals surface area contributed by atoms with Gasteiger partial charge in [0, 0.05) is 30.9 Å². The molecule has 4 rings (SSSR count). The van der Waals surface area contributed by atoms with Crippen LogP contribution in [0, 0.1) is 24.2 Å². The Kier molecular flexibility index (Phi) is 7.55. The Hall–Kier alpha value is -4.23. The largest absolute Gasteiger partial charge is 0.383 e. The van der Waals surface area contributed by atoms with Crippen molar-refractivity contribution in [3.8, 4) is 6.07 Å². The standard InChI is InChI=1S/C27H29N5O5/c1-3-31-22-9-8-20(13-21(22)26(36)32(27(31)37)15-17-4-5-17)29-24(34)11-10-23(33)25(35)30-19-7-6-18(14-28)16(2)12-19/h6-9,12-13,17,23,33H,3-5,10-11,15H2,1-2H3,(H,29,34)(H,30,35)/t23-/m1/s1. The minimum absolute atomic E-state index is 0.107. The van der Waals surface area contributed by atoms with Crippen molar-refractivity contribution in [1.82, 2.24) is 9.13 Å². The van der Waals surface area contributed by atoms with Crippen molar-refractivity contribution in [1.29, 1.82) is 5.26 Å². The highest BCUT2D eigenvalue weighted by Crippen LogP contribution is 2.30. The Morgan fingerprint density at radius 3 is 2.46 bits per heavy atom. The summed E-state index contributed by atoms with van der Waals surface area (Å²) < 4.78 is 2.83. The molecule has 2 aromatic carbocycles. The van der Waals surface area contributed by atoms with Crippen molar-refractivity contribution in [2.24, 2.45) is 5.92 Å². The number of aromatic nitrogens is 2. The van der Waals surface area contributed by atoms with Crippen molar-refractivity contribution in [2.45, 2.75) is 58.7 Å². The summed E-state index contributed by atoms with van der Waals surface area (Å²) in [6.07, 6.45) is 0.363. The molecule has 0 bridgehead atoms. The van der Waals surface area contributed by atoms with Gasteiger partial charge in [0.2, 0.25) is 5.91 Å². The highest BCUT2D eigenvalue weighted by atomic mass is 16.3. The van der Waals surface area contributed by atoms with Crippen LogP contribution in [-0.4, -0.2) is 32.2 Å². The quantitative estimate of drug-likeness (QED) is 0.409. The summed E-state index contributed by atoms with van der Waals surface area (Å²) in [7, 11) is 0. The van der Waals surface area contributed by atoms with Gasteiger partial charge < -0.3 is 15.7 Å². The van der Waals surface area contributed by atoms with Crippen molar-refractivity contribution < 1.29 is 14.7 Å². The van der Waals surface area contributed by atoms with Crippen LogP contribution < -0.4 is 21.9 Å². The maximum Gasteiger partial charge on any atom is 0.331 e. The van der Waals surface area contributed by atoms with Gasteiger partial charge in [0.05, 0.1) is 22.5 Å². The fraction of sp³-hybridized carbons (Fsp3) is 0.370. The number of benzene rings is 2. The molecular formula is C27H29N5O5. The molecule has 0 radical (unpaired) electrons. The van der Waals surface area contributed by atoms with E-state index in [1.165, 1.54) is 4.57 Å². The van der Waals surface area contributed by atoms with Crippen LogP contribution in [0.2, 0.25) is 0 Å². The number of aliphatic hydroxyl groups excluding tert-OH is 1. The normalized spacial score (nSPS) is 13.7. The monoisotopic (exact) mass is 503 g/mol. The number of hydrogen-bond acceptors (Lipinski definition) is 6. The Bertz CT molecular complexity index is 1530. The molecule has 1 atom stereocenters. The van der Waals surface area contributed by atoms with Crippen molar-refractivity contribution >= 4 is 34.1 Å². The van der Waals surface area contributed by atoms with Gasteiger partial charge in [0.25, 0.3) is 11.5 Å². The molecule has 0 spiro atoms. The molecule has 37 heavy (non-hydrogen) atoms. The molecule has 3 aromatic rings. The van der Waals surface area contributed by atoms with E-state index in [4.69, 9.17) is 5.26 Å². The molecule has 1 aliphatic rings. The van der Waals surface area contributed by atoms with Gasteiger partial charge in [-0.3, -0.25) is 23.5 Å². The minimum Gasteiger partial charge on any atom is -0.383 e. The molecule has 192 valence electrons. The molecule has 0 unspecified atom stereocenters. The average molecular weight is 504 g/mol. The number of hydrogen-bond donors (Lipinski definition) is 3. The van der Waals surface area contributed by atoms with Crippen LogP contribution in [0.25, 0.3) is 10.9 Å². The first-order chi connectivity index (χ1) is 17.7. The lowest BCUT2D eigenvalue weighted by Crippen LogP contribution is -2.40. The molecule has 1 aliphatic carbocycles. The van der Waals surface area contributed by atoms with Gasteiger partial charge in [-0.15, -0.1) is 0 Å². The van der Waals surface area contributed by atoms with E-state index in [1.807, 2.05) is 13.0 Å². The second-order valence-electron chi connectivity index (χ2n) is 9.35. The minimum atomic E-state index is -1.41. The van der Waals surface area contributed by atoms with E-state index < -0.39 is 17.9 Å². The fourth-order valence-electron chi connectivity index (χ4n) is 4.24. The van der Waals surface area contributed by atoms with Crippen LogP contribution in [0.4, 0.5) is 11.4 Å². The molecule has 2 amide bonds. The van der Waals surface area contributed by atoms with Crippen molar-refractivity contribution in [3.63, 3.8) is 0 Å². The van der Waals surface area contributed by atoms with Crippen molar-refractivity contribution in [3.05, 3.63) is 68.4 Å². The SMILES string of the molecule is CCn1c(=O)n(CC2CC2)c(=O)c2cc(NC(=O)CC[C@@H](O)C(=O)Nc3ccc(C#N)c(C)c3)ccc21. The molecule has 3 N–H and O–H groups in total. The Morgan fingerprint density at radius 1 is 1.11 bits per heavy atom. The first kappa shape index (κ1) is 25.9. The molecule has 0 aliphatic heterocycles. The van der Waals surface area contributed by atoms with Crippen LogP contribution in [0.15, 0.2) is 46.0 Å². The highest BCUT2D eigenvalue weighted by Gasteiger charge is 2.25. The van der Waals surface area contributed by atoms with E-state index in [-0.39, 0.29) is 24.1 Å². The number of amides is 2. The van der Waals surface area contributed by atoms with Gasteiger partial charge in [0.1, 0.15) is 6.10 Å². The predicted octanol–water partition coefficient (Wildman–Crippen LogP) is 2.49. The fourth-order valence-corrected chi connectivity index (χ4v) is 4.24. The number of nitriles is 1. The summed E-state index contributed by atoms with van der Waals surface area (Å²) in [6, 6.07) is 11.6. The third-order valence-corrected chi connectivity index (χ3v) is 6.52. The molecule has 1 aromatic heterocycles. The number of carbonyl (C=O) groups is 2. The van der Waals surface area contributed by atoms with E-state index >= 15 is 0 Å². The molecule has 0 saturated heterocycles. The summed E-state index contributed by atoms with van der Waals surface area (Å²) in [4.78, 5) is 50.7. The lowest BCUT2D eigenvalue weighted by atomic mass is 10.1. The third kappa shape index (κ3) is 5.78. The van der Waals surface area contributed by atoms with E-state index in [0.29, 0.717) is 52.4 Å². The smallest absolute Gasteiger partial charge is 0.331 e. The highest BCUT2D eigenvalue weighted by molar-refractivity contribution is 5.96. The number of aliphatic hydroxyl groups is 1. The first-order valence-electron chi connectivity index (χ1n) is 12.3. The summed E-state index contributed by atoms with van der Waals surface area (Å²) in [5.41, 5.74) is 1.82. The maximum atomic E-state index is 13.1. The molecule has 1 fully saturated rings. The van der Waals surface area contributed by atoms with Crippen LogP contribution >= 0.6 is 0 Å². The Balaban J connectivity index is 1.41. The Morgan fingerprint density at radius 2 is 1.81 bits per heavy atom. The van der Waals surface area contributed by atoms with E-state index in [9.17, 15) is 24.3 Å². The van der Waals surface area contributed by atoms with Crippen molar-refractivity contribution in [2.75, 3.05) is 10.6 Å². The zero-order valence-corrected chi connectivity index (χ0v) is 20.8. The number of anilines is 2. The predicted molar refractivity (Wildman–Crippen MR) is 139 cm³/mol. The molecule has 10 nitrogen and oxygen atoms in total. The number of aryl methyl sites for hydroxylation is 2. The van der Waals surface area contributed by atoms with Gasteiger partial charge in [-0.25, -0.2) is 4.79 Å². The number of nitrogens with zero attached hydrogens (tertiary/aromatic N) is 3. The second-order valence-corrected chi connectivity index (χ2v) is 9.35. The zero-order valence-electron chi connectivity index (χ0n) is 20.8. The lowest BCUT2D eigenvalue weighted by Gasteiger charge is -2.14. The molecule has 1 heterocycles. The van der Waals surface area contributed by atoms with Crippen LogP contribution in [0.5, 0.6) is 0 Å². The van der Waals surface area contributed by atoms with Gasteiger partial charge in [-0.1, -0.05) is 0 Å². The Labute approximate surface area is 213 Å². The van der Waals surface area contributed by atoms with Gasteiger partial charge in [-0.2, -0.15) is 5.26 Å². The maximum absolute atomic E-state index is 13.1. The number of fused-ring (bicyclic) bond motifs is 1. The second kappa shape index (κ2) is 10.8. The van der Waals surface area contributed by atoms with Gasteiger partial charge in [0.15, 0.2) is 0 Å². The van der Waals surface area contributed by atoms with Gasteiger partial charge in [-0.05, 0) is 81.0 Å². The van der Waals surface area contributed by atoms with Crippen LogP contribution in [0.3, 0.4) is 0 Å². The number of rotatable bonds is 9. The summed E-state index contributed by atoms with van der Waals surface area (Å²) >= 11 is 0. The number of nitrogens with one attached hydrogen (secondary N) is 2. The first-order valence-corrected chi connectivity index (χ1v) is 12.3. The molecule has 10 heteroatoms. The van der Waals surface area contributed by atoms with E-state index in [1.54, 1.807) is 47.9 Å². The van der Waals surface area contributed by atoms with Crippen LogP contribution in [-0.2, 0) is 22.7 Å². The lowest BCUT2D eigenvalue weighted by molar-refractivity contribution is -0.125. The topological polar surface area (TPSA) is 146 Å². The van der Waals surface area contributed by atoms with Gasteiger partial charge >= 0.3 is 5.69 Å². The summed E-state index contributed by atoms with van der Waals surface area (Å²) in [5.74, 6) is -0.737. The average Bonchev–Trinajstić information content (AvgIpc) is 3.70. The summed E-state index contributed by atoms with van der Waals surface area (Å²) in [6.45, 7) is 4.39. The molecular weight excluding hydrogens is 474 g/mol. The van der Waals surface area contributed by atoms with Crippen LogP contribution in [0.1, 0.15) is 43.7 Å². The zero-order chi connectivity index (χ0) is 26.7. The molecule has 1 saturated carbocycles. The third-order valence-electron chi connectivity index (χ3n) is 6.52. The van der Waals surface area contributed by atoms with E-state index in [2.05, 4.69) is 10.6 Å².